The second kappa shape index (κ2) is 34.6. The number of allylic oxidation sites excluding steroid dienone is 1. The second-order valence-electron chi connectivity index (χ2n) is 28.0. The monoisotopic (exact) mass is 1360 g/mol. The Hall–Kier alpha value is -8.34. The summed E-state index contributed by atoms with van der Waals surface area (Å²) in [5.74, 6) is 1.10. The van der Waals surface area contributed by atoms with Gasteiger partial charge in [-0.15, -0.1) is 0 Å². The molecule has 5 aromatic rings. The normalized spacial score (nSPS) is 20.8. The van der Waals surface area contributed by atoms with Crippen molar-refractivity contribution in [2.75, 3.05) is 111 Å². The summed E-state index contributed by atoms with van der Waals surface area (Å²) in [6.45, 7) is 29.2. The zero-order chi connectivity index (χ0) is 70.9. The second-order valence-corrected chi connectivity index (χ2v) is 28.0. The van der Waals surface area contributed by atoms with Gasteiger partial charge < -0.3 is 54.0 Å². The van der Waals surface area contributed by atoms with Crippen LogP contribution in [-0.2, 0) is 43.3 Å². The van der Waals surface area contributed by atoms with E-state index in [1.165, 1.54) is 4.90 Å². The summed E-state index contributed by atoms with van der Waals surface area (Å²) >= 11 is 0. The Morgan fingerprint density at radius 3 is 2.18 bits per heavy atom. The fourth-order valence-corrected chi connectivity index (χ4v) is 14.4. The molecule has 5 amide bonds. The SMILES string of the molecule is C=CC(=C)OC.CC.CCOc1cc(OC)ccc1CN(CC(=O)N1CCCC(c2cccc(C(=O)NC(C(=O)N3CCN(CC45CCC(NC(=O)c6ccc(N7CCN(Cc8cnc9cc(CC)c(=O)[nH]c9c8)CC7)cn6)(CC4)CO5)CC3)C3CCCCC3)c2)C1)C(=O)OC(C)(C)C. The Morgan fingerprint density at radius 1 is 0.808 bits per heavy atom. The predicted octanol–water partition coefficient (Wildman–Crippen LogP) is 10.4. The molecule has 2 unspecified atom stereocenters. The molecule has 12 rings (SSSR count). The molecule has 5 saturated heterocycles. The first kappa shape index (κ1) is 74.9. The lowest BCUT2D eigenvalue weighted by Crippen LogP contribution is -2.66. The number of nitrogens with one attached hydrogen (secondary N) is 3. The van der Waals surface area contributed by atoms with Gasteiger partial charge in [-0.05, 0) is 157 Å². The van der Waals surface area contributed by atoms with Gasteiger partial charge in [-0.25, -0.2) is 9.78 Å². The quantitative estimate of drug-likeness (QED) is 0.0432. The molecule has 22 heteroatoms. The highest BCUT2D eigenvalue weighted by atomic mass is 16.6. The number of H-pyrrole nitrogens is 1. The van der Waals surface area contributed by atoms with Gasteiger partial charge >= 0.3 is 6.09 Å². The van der Waals surface area contributed by atoms with Gasteiger partial charge in [0.2, 0.25) is 11.8 Å². The minimum absolute atomic E-state index is 0.0231. The number of carbonyl (C=O) groups excluding carboxylic acids is 5. The van der Waals surface area contributed by atoms with Gasteiger partial charge in [0.05, 0.1) is 68.0 Å². The molecule has 99 heavy (non-hydrogen) atoms. The number of piperidine rings is 1. The van der Waals surface area contributed by atoms with E-state index in [0.29, 0.717) is 87.4 Å². The first-order chi connectivity index (χ1) is 47.7. The number of ether oxygens (including phenoxy) is 5. The first-order valence-electron chi connectivity index (χ1n) is 35.9. The number of piperazine rings is 2. The molecule has 2 atom stereocenters. The van der Waals surface area contributed by atoms with Gasteiger partial charge in [0, 0.05) is 113 Å². The van der Waals surface area contributed by atoms with Crippen LogP contribution < -0.4 is 30.6 Å². The summed E-state index contributed by atoms with van der Waals surface area (Å²) in [5.41, 5.74) is 5.28. The predicted molar refractivity (Wildman–Crippen MR) is 385 cm³/mol. The van der Waals surface area contributed by atoms with E-state index in [-0.39, 0.29) is 59.7 Å². The zero-order valence-electron chi connectivity index (χ0n) is 60.1. The number of nitrogens with zero attached hydrogens (tertiary/aromatic N) is 8. The van der Waals surface area contributed by atoms with Crippen LogP contribution in [0.5, 0.6) is 11.5 Å². The molecule has 536 valence electrons. The number of anilines is 1. The van der Waals surface area contributed by atoms with Gasteiger partial charge in [-0.3, -0.25) is 43.7 Å². The van der Waals surface area contributed by atoms with E-state index in [1.54, 1.807) is 65.5 Å². The van der Waals surface area contributed by atoms with Crippen molar-refractivity contribution < 1.29 is 47.7 Å². The Bertz CT molecular complexity index is 3620. The van der Waals surface area contributed by atoms with E-state index < -0.39 is 23.3 Å². The maximum absolute atomic E-state index is 14.7. The van der Waals surface area contributed by atoms with Gasteiger partial charge in [0.15, 0.2) is 0 Å². The number of hydrogen-bond donors (Lipinski definition) is 3. The van der Waals surface area contributed by atoms with Crippen LogP contribution in [0.15, 0.2) is 109 Å². The maximum Gasteiger partial charge on any atom is 0.411 e. The van der Waals surface area contributed by atoms with Gasteiger partial charge in [-0.2, -0.15) is 0 Å². The third-order valence-electron chi connectivity index (χ3n) is 20.1. The molecule has 2 aliphatic carbocycles. The molecule has 7 aliphatic rings. The van der Waals surface area contributed by atoms with Crippen molar-refractivity contribution >= 4 is 46.4 Å². The maximum atomic E-state index is 14.7. The topological polar surface area (TPSA) is 234 Å². The number of aryl methyl sites for hydroxylation is 1. The van der Waals surface area contributed by atoms with Crippen molar-refractivity contribution in [3.8, 4) is 11.5 Å². The standard InChI is InChI=1S/C70H93N11O10.C5H8O.C2H6/c1-7-49-38-58-59(73-63(49)83)36-48(40-71-58)42-76-28-32-78(33-29-76)55-20-22-57(72-41-55)65(85)75-69-23-25-70(26-24-69,90-47-69)46-77-30-34-79(35-31-77)66(86)62(50-14-10-9-11-15-50)74-64(84)52-17-12-16-51(37-52)53-18-13-27-80(43-53)61(82)45-81(67(87)91-68(3,4)5)44-54-19-21-56(88-6)39-60(54)89-8-2;1-4-5(2)6-3;1-2/h12,16-17,19-22,36-41,50,53,62H,7-11,13-15,18,23-35,42-47H2,1-6H3,(H,73,83)(H,74,84)(H,75,85);4H,1-2H2,3H3;1-2H3. The Morgan fingerprint density at radius 2 is 1.55 bits per heavy atom. The summed E-state index contributed by atoms with van der Waals surface area (Å²) in [6, 6.07) is 20.1. The molecule has 2 bridgehead atoms. The highest BCUT2D eigenvalue weighted by Gasteiger charge is 2.51. The molecule has 2 saturated carbocycles. The van der Waals surface area contributed by atoms with E-state index in [4.69, 9.17) is 18.9 Å². The average molecular weight is 1360 g/mol. The molecule has 2 aromatic carbocycles. The largest absolute Gasteiger partial charge is 0.497 e. The lowest BCUT2D eigenvalue weighted by Gasteiger charge is -2.54. The molecule has 0 spiro atoms. The smallest absolute Gasteiger partial charge is 0.411 e. The number of likely N-dealkylation sites (tertiary alicyclic amines) is 1. The van der Waals surface area contributed by atoms with Crippen LogP contribution in [0.1, 0.15) is 168 Å². The minimum Gasteiger partial charge on any atom is -0.497 e. The lowest BCUT2D eigenvalue weighted by molar-refractivity contribution is -0.171. The van der Waals surface area contributed by atoms with Gasteiger partial charge in [-0.1, -0.05) is 65.3 Å². The zero-order valence-corrected chi connectivity index (χ0v) is 60.1. The number of pyridine rings is 3. The van der Waals surface area contributed by atoms with Crippen LogP contribution in [0.25, 0.3) is 11.0 Å². The molecule has 5 aliphatic heterocycles. The molecule has 7 fully saturated rings. The average Bonchev–Trinajstić information content (AvgIpc) is 0.764. The van der Waals surface area contributed by atoms with Crippen molar-refractivity contribution in [1.29, 1.82) is 0 Å². The van der Waals surface area contributed by atoms with Crippen molar-refractivity contribution in [3.05, 3.63) is 148 Å². The number of amides is 5. The number of carbonyl (C=O) groups is 5. The molecule has 0 radical (unpaired) electrons. The fourth-order valence-electron chi connectivity index (χ4n) is 14.4. The van der Waals surface area contributed by atoms with Gasteiger partial charge in [0.25, 0.3) is 17.4 Å². The highest BCUT2D eigenvalue weighted by Crippen LogP contribution is 2.44. The fraction of sp³-hybridized carbons (Fsp3) is 0.558. The van der Waals surface area contributed by atoms with E-state index >= 15 is 0 Å². The third kappa shape index (κ3) is 19.8. The molecule has 22 nitrogen and oxygen atoms in total. The van der Waals surface area contributed by atoms with Crippen LogP contribution >= 0.6 is 0 Å². The van der Waals surface area contributed by atoms with Crippen LogP contribution in [0.3, 0.4) is 0 Å². The van der Waals surface area contributed by atoms with E-state index in [9.17, 15) is 28.8 Å². The summed E-state index contributed by atoms with van der Waals surface area (Å²) in [5, 5.41) is 6.60. The van der Waals surface area contributed by atoms with E-state index in [2.05, 4.69) is 58.2 Å². The minimum atomic E-state index is -0.779. The first-order valence-corrected chi connectivity index (χ1v) is 35.9. The van der Waals surface area contributed by atoms with Gasteiger partial charge in [0.1, 0.15) is 41.1 Å². The summed E-state index contributed by atoms with van der Waals surface area (Å²) in [6.07, 6.45) is 15.1. The van der Waals surface area contributed by atoms with Crippen molar-refractivity contribution in [1.82, 2.24) is 50.1 Å². The van der Waals surface area contributed by atoms with E-state index in [1.807, 2.05) is 92.2 Å². The number of fused-ring (bicyclic) bond motifs is 4. The molecular formula is C77H107N11O11. The Labute approximate surface area is 585 Å². The van der Waals surface area contributed by atoms with Crippen molar-refractivity contribution in [3.63, 3.8) is 0 Å². The Balaban J connectivity index is 0.00000136. The molecule has 8 heterocycles. The number of methoxy groups -OCH3 is 2. The highest BCUT2D eigenvalue weighted by molar-refractivity contribution is 5.98. The van der Waals surface area contributed by atoms with Crippen LogP contribution in [0.2, 0.25) is 0 Å². The number of rotatable bonds is 22. The summed E-state index contributed by atoms with van der Waals surface area (Å²) < 4.78 is 28.4. The number of aromatic nitrogens is 3. The third-order valence-corrected chi connectivity index (χ3v) is 20.1. The van der Waals surface area contributed by atoms with E-state index in [0.717, 1.165) is 149 Å². The number of hydrogen-bond acceptors (Lipinski definition) is 16. The van der Waals surface area contributed by atoms with Crippen LogP contribution in [0, 0.1) is 5.92 Å². The van der Waals surface area contributed by atoms with Crippen molar-refractivity contribution in [2.24, 2.45) is 5.92 Å². The molecular weight excluding hydrogens is 1250 g/mol. The number of aromatic amines is 1. The van der Waals surface area contributed by atoms with Crippen molar-refractivity contribution in [2.45, 2.75) is 167 Å². The van der Waals surface area contributed by atoms with Crippen LogP contribution in [-0.4, -0.2) is 198 Å². The summed E-state index contributed by atoms with van der Waals surface area (Å²) in [7, 11) is 3.14. The van der Waals surface area contributed by atoms with Crippen LogP contribution in [0.4, 0.5) is 10.5 Å². The number of benzene rings is 2. The lowest BCUT2D eigenvalue weighted by atomic mass is 9.70. The summed E-state index contributed by atoms with van der Waals surface area (Å²) in [4.78, 5) is 108. The molecule has 3 aromatic heterocycles. The Kier molecular flexibility index (Phi) is 26.2. The molecule has 3 N–H and O–H groups in total.